The molecular weight excluding hydrogens is 312 g/mol. The Morgan fingerprint density at radius 3 is 3.08 bits per heavy atom. The van der Waals surface area contributed by atoms with E-state index >= 15 is 0 Å². The van der Waals surface area contributed by atoms with Crippen molar-refractivity contribution in [2.24, 2.45) is 4.99 Å². The number of aromatic nitrogens is 2. The van der Waals surface area contributed by atoms with Crippen LogP contribution in [0.2, 0.25) is 0 Å². The Kier molecular flexibility index (Phi) is 4.19. The van der Waals surface area contributed by atoms with E-state index in [1.807, 2.05) is 30.9 Å². The van der Waals surface area contributed by atoms with Crippen LogP contribution in [0.3, 0.4) is 0 Å². The first-order valence-electron chi connectivity index (χ1n) is 8.73. The van der Waals surface area contributed by atoms with E-state index in [1.54, 1.807) is 6.20 Å². The predicted molar refractivity (Wildman–Crippen MR) is 101 cm³/mol. The van der Waals surface area contributed by atoms with Gasteiger partial charge in [-0.1, -0.05) is 13.3 Å². The second kappa shape index (κ2) is 6.64. The van der Waals surface area contributed by atoms with E-state index in [1.165, 1.54) is 5.57 Å². The molecule has 1 unspecified atom stereocenters. The average Bonchev–Trinajstić information content (AvgIpc) is 2.76. The van der Waals surface area contributed by atoms with Crippen molar-refractivity contribution in [2.45, 2.75) is 32.7 Å². The highest BCUT2D eigenvalue weighted by Crippen LogP contribution is 2.40. The molecule has 0 saturated carbocycles. The van der Waals surface area contributed by atoms with Crippen molar-refractivity contribution in [1.29, 1.82) is 0 Å². The summed E-state index contributed by atoms with van der Waals surface area (Å²) in [6, 6.07) is 6.46. The summed E-state index contributed by atoms with van der Waals surface area (Å²) in [6.45, 7) is 5.15. The van der Waals surface area contributed by atoms with Crippen LogP contribution in [0.1, 0.15) is 37.8 Å². The van der Waals surface area contributed by atoms with Crippen LogP contribution in [-0.2, 0) is 0 Å². The fourth-order valence-electron chi connectivity index (χ4n) is 3.38. The number of anilines is 2. The fraction of sp³-hybridized carbons (Fsp3) is 0.316. The fourth-order valence-corrected chi connectivity index (χ4v) is 3.38. The minimum atomic E-state index is 0.411. The number of hydrazine groups is 1. The van der Waals surface area contributed by atoms with Gasteiger partial charge in [-0.15, -0.1) is 0 Å². The van der Waals surface area contributed by atoms with Crippen LogP contribution in [0, 0.1) is 0 Å². The molecule has 4 rings (SSSR count). The number of hydrogen-bond acceptors (Lipinski definition) is 6. The van der Waals surface area contributed by atoms with Crippen LogP contribution in [0.5, 0.6) is 0 Å². The van der Waals surface area contributed by atoms with Crippen LogP contribution in [-0.4, -0.2) is 33.9 Å². The molecule has 0 aliphatic carbocycles. The molecule has 0 fully saturated rings. The maximum atomic E-state index is 4.76. The lowest BCUT2D eigenvalue weighted by Gasteiger charge is -2.29. The summed E-state index contributed by atoms with van der Waals surface area (Å²) in [5.41, 5.74) is 8.78. The van der Waals surface area contributed by atoms with Crippen molar-refractivity contribution >= 4 is 29.1 Å². The van der Waals surface area contributed by atoms with E-state index in [4.69, 9.17) is 4.99 Å². The van der Waals surface area contributed by atoms with Crippen molar-refractivity contribution in [1.82, 2.24) is 20.4 Å². The van der Waals surface area contributed by atoms with E-state index in [2.05, 4.69) is 45.6 Å². The van der Waals surface area contributed by atoms with E-state index in [0.29, 0.717) is 6.04 Å². The summed E-state index contributed by atoms with van der Waals surface area (Å²) in [5, 5.41) is 5.48. The Morgan fingerprint density at radius 1 is 1.28 bits per heavy atom. The van der Waals surface area contributed by atoms with E-state index in [9.17, 15) is 0 Å². The van der Waals surface area contributed by atoms with Crippen LogP contribution in [0.15, 0.2) is 41.8 Å². The molecule has 6 heteroatoms. The van der Waals surface area contributed by atoms with Gasteiger partial charge in [-0.3, -0.25) is 9.99 Å². The SMILES string of the molecule is CCCC(C)NN1C=NC2=C(C1)c1ccncc1Nc1ncccc12. The van der Waals surface area contributed by atoms with Gasteiger partial charge in [0.25, 0.3) is 0 Å². The van der Waals surface area contributed by atoms with Gasteiger partial charge >= 0.3 is 0 Å². The van der Waals surface area contributed by atoms with E-state index < -0.39 is 0 Å². The van der Waals surface area contributed by atoms with Gasteiger partial charge < -0.3 is 5.32 Å². The number of nitrogens with one attached hydrogen (secondary N) is 2. The van der Waals surface area contributed by atoms with Gasteiger partial charge in [0.1, 0.15) is 12.2 Å². The Hall–Kier alpha value is -2.73. The summed E-state index contributed by atoms with van der Waals surface area (Å²) in [6.07, 6.45) is 9.63. The van der Waals surface area contributed by atoms with Crippen molar-refractivity contribution in [3.05, 3.63) is 47.9 Å². The zero-order valence-electron chi connectivity index (χ0n) is 14.5. The molecule has 6 nitrogen and oxygen atoms in total. The number of fused-ring (bicyclic) bond motifs is 4. The molecule has 0 saturated heterocycles. The Labute approximate surface area is 147 Å². The summed E-state index contributed by atoms with van der Waals surface area (Å²) < 4.78 is 0. The van der Waals surface area contributed by atoms with Gasteiger partial charge in [-0.25, -0.2) is 15.4 Å². The highest BCUT2D eigenvalue weighted by atomic mass is 15.5. The molecule has 0 bridgehead atoms. The molecule has 2 aromatic heterocycles. The lowest BCUT2D eigenvalue weighted by Crippen LogP contribution is -2.44. The van der Waals surface area contributed by atoms with Gasteiger partial charge in [0.15, 0.2) is 0 Å². The third kappa shape index (κ3) is 3.00. The quantitative estimate of drug-likeness (QED) is 0.897. The van der Waals surface area contributed by atoms with Gasteiger partial charge in [0, 0.05) is 35.1 Å². The van der Waals surface area contributed by atoms with Crippen LogP contribution in [0.4, 0.5) is 11.5 Å². The first-order valence-corrected chi connectivity index (χ1v) is 8.73. The monoisotopic (exact) mass is 334 g/mol. The normalized spacial score (nSPS) is 16.5. The third-order valence-corrected chi connectivity index (χ3v) is 4.51. The first-order chi connectivity index (χ1) is 12.3. The zero-order valence-corrected chi connectivity index (χ0v) is 14.5. The van der Waals surface area contributed by atoms with E-state index in [0.717, 1.165) is 47.7 Å². The number of rotatable bonds is 4. The van der Waals surface area contributed by atoms with Crippen molar-refractivity contribution < 1.29 is 0 Å². The zero-order chi connectivity index (χ0) is 17.2. The third-order valence-electron chi connectivity index (χ3n) is 4.51. The predicted octanol–water partition coefficient (Wildman–Crippen LogP) is 3.44. The lowest BCUT2D eigenvalue weighted by molar-refractivity contribution is 0.290. The van der Waals surface area contributed by atoms with Crippen molar-refractivity contribution in [2.75, 3.05) is 11.9 Å². The highest BCUT2D eigenvalue weighted by Gasteiger charge is 2.26. The lowest BCUT2D eigenvalue weighted by atomic mass is 10.0. The minimum absolute atomic E-state index is 0.411. The molecule has 2 aliphatic heterocycles. The largest absolute Gasteiger partial charge is 0.338 e. The Morgan fingerprint density at radius 2 is 2.20 bits per heavy atom. The van der Waals surface area contributed by atoms with Crippen LogP contribution < -0.4 is 10.7 Å². The van der Waals surface area contributed by atoms with E-state index in [-0.39, 0.29) is 0 Å². The molecule has 0 amide bonds. The van der Waals surface area contributed by atoms with Crippen LogP contribution >= 0.6 is 0 Å². The van der Waals surface area contributed by atoms with Gasteiger partial charge in [-0.2, -0.15) is 0 Å². The summed E-state index contributed by atoms with van der Waals surface area (Å²) in [5.74, 6) is 0.819. The van der Waals surface area contributed by atoms with Crippen molar-refractivity contribution in [3.8, 4) is 0 Å². The van der Waals surface area contributed by atoms with Crippen LogP contribution in [0.25, 0.3) is 11.3 Å². The first kappa shape index (κ1) is 15.8. The second-order valence-electron chi connectivity index (χ2n) is 6.46. The smallest absolute Gasteiger partial charge is 0.139 e. The molecular formula is C19H22N6. The highest BCUT2D eigenvalue weighted by molar-refractivity contribution is 6.02. The minimum Gasteiger partial charge on any atom is -0.338 e. The molecule has 128 valence electrons. The number of aliphatic imine (C=N–C) groups is 1. The van der Waals surface area contributed by atoms with Gasteiger partial charge in [0.05, 0.1) is 24.1 Å². The molecule has 0 radical (unpaired) electrons. The Balaban J connectivity index is 1.75. The molecule has 2 aliphatic rings. The molecule has 2 aromatic rings. The molecule has 2 N–H and O–H groups in total. The standard InChI is InChI=1S/C19H22N6/c1-3-5-13(2)24-25-11-16-14-7-9-20-10-17(14)23-19-15(6-4-8-21-19)18(16)22-12-25/h4,6-10,12-13,24H,3,5,11H2,1-2H3,(H,21,23). The molecule has 4 heterocycles. The summed E-state index contributed by atoms with van der Waals surface area (Å²) >= 11 is 0. The Bertz CT molecular complexity index is 841. The van der Waals surface area contributed by atoms with Gasteiger partial charge in [-0.05, 0) is 31.5 Å². The van der Waals surface area contributed by atoms with Crippen molar-refractivity contribution in [3.63, 3.8) is 0 Å². The average molecular weight is 334 g/mol. The molecule has 0 spiro atoms. The topological polar surface area (TPSA) is 65.4 Å². The molecule has 25 heavy (non-hydrogen) atoms. The maximum absolute atomic E-state index is 4.76. The number of nitrogens with zero attached hydrogens (tertiary/aromatic N) is 4. The number of pyridine rings is 2. The number of hydrogen-bond donors (Lipinski definition) is 2. The molecule has 0 aromatic carbocycles. The van der Waals surface area contributed by atoms with Gasteiger partial charge in [0.2, 0.25) is 0 Å². The molecule has 1 atom stereocenters. The summed E-state index contributed by atoms with van der Waals surface area (Å²) in [7, 11) is 0. The second-order valence-corrected chi connectivity index (χ2v) is 6.46. The maximum Gasteiger partial charge on any atom is 0.139 e. The summed E-state index contributed by atoms with van der Waals surface area (Å²) in [4.78, 5) is 13.5.